The Morgan fingerprint density at radius 1 is 0.839 bits per heavy atom. The monoisotopic (exact) mass is 426 g/mol. The topological polar surface area (TPSA) is 20.2 Å². The average Bonchev–Trinajstić information content (AvgIpc) is 2.70. The molecule has 0 spiro atoms. The maximum atomic E-state index is 10.9. The summed E-state index contributed by atoms with van der Waals surface area (Å²) in [6.07, 6.45) is 14.5. The normalized spacial score (nSPS) is 58.3. The Bertz CT molecular complexity index is 779. The maximum Gasteiger partial charge on any atom is 0.0594 e. The zero-order chi connectivity index (χ0) is 22.6. The van der Waals surface area contributed by atoms with Crippen LogP contribution in [-0.2, 0) is 0 Å². The number of rotatable bonds is 0. The zero-order valence-corrected chi connectivity index (χ0v) is 21.9. The molecular weight excluding hydrogens is 376 g/mol. The number of fused-ring (bicyclic) bond motifs is 7. The molecule has 0 unspecified atom stereocenters. The van der Waals surface area contributed by atoms with Gasteiger partial charge in [0.2, 0.25) is 0 Å². The first-order valence-corrected chi connectivity index (χ1v) is 13.7. The lowest BCUT2D eigenvalue weighted by molar-refractivity contribution is -0.186. The van der Waals surface area contributed by atoms with Crippen molar-refractivity contribution >= 4 is 0 Å². The van der Waals surface area contributed by atoms with Crippen molar-refractivity contribution < 1.29 is 5.11 Å². The number of aliphatic hydroxyl groups is 1. The van der Waals surface area contributed by atoms with Crippen LogP contribution in [0, 0.1) is 56.7 Å². The van der Waals surface area contributed by atoms with Gasteiger partial charge in [-0.05, 0) is 114 Å². The Balaban J connectivity index is 1.58. The molecule has 0 aromatic heterocycles. The summed E-state index contributed by atoms with van der Waals surface area (Å²) in [4.78, 5) is 0. The van der Waals surface area contributed by atoms with Gasteiger partial charge < -0.3 is 5.11 Å². The molecule has 0 aliphatic heterocycles. The predicted molar refractivity (Wildman–Crippen MR) is 131 cm³/mol. The molecule has 176 valence electrons. The van der Waals surface area contributed by atoms with Gasteiger partial charge in [-0.2, -0.15) is 0 Å². The molecule has 5 aliphatic carbocycles. The predicted octanol–water partition coefficient (Wildman–Crippen LogP) is 8.02. The van der Waals surface area contributed by atoms with Gasteiger partial charge in [0.1, 0.15) is 0 Å². The highest BCUT2D eigenvalue weighted by atomic mass is 16.3. The van der Waals surface area contributed by atoms with Crippen LogP contribution in [0.2, 0.25) is 0 Å². The Hall–Kier alpha value is -0.300. The minimum absolute atomic E-state index is 0.0368. The van der Waals surface area contributed by atoms with E-state index in [1.807, 2.05) is 5.57 Å². The van der Waals surface area contributed by atoms with Crippen LogP contribution in [0.25, 0.3) is 0 Å². The highest BCUT2D eigenvalue weighted by Crippen LogP contribution is 2.75. The molecule has 1 nitrogen and oxygen atoms in total. The Morgan fingerprint density at radius 3 is 2.26 bits per heavy atom. The van der Waals surface area contributed by atoms with Gasteiger partial charge in [-0.3, -0.25) is 0 Å². The Kier molecular flexibility index (Phi) is 4.82. The summed E-state index contributed by atoms with van der Waals surface area (Å²) < 4.78 is 0. The second-order valence-electron chi connectivity index (χ2n) is 14.7. The maximum absolute atomic E-state index is 10.9. The van der Waals surface area contributed by atoms with Gasteiger partial charge in [0.15, 0.2) is 0 Å². The molecule has 4 saturated carbocycles. The van der Waals surface area contributed by atoms with Crippen LogP contribution in [0.1, 0.15) is 113 Å². The summed E-state index contributed by atoms with van der Waals surface area (Å²) in [5.41, 5.74) is 3.60. The minimum atomic E-state index is -0.134. The molecule has 0 heterocycles. The van der Waals surface area contributed by atoms with E-state index in [-0.39, 0.29) is 11.5 Å². The Labute approximate surface area is 192 Å². The molecular formula is C30H50O. The van der Waals surface area contributed by atoms with E-state index in [0.717, 1.165) is 30.1 Å². The molecule has 10 atom stereocenters. The van der Waals surface area contributed by atoms with E-state index in [2.05, 4.69) is 61.5 Å². The van der Waals surface area contributed by atoms with Gasteiger partial charge in [0.25, 0.3) is 0 Å². The van der Waals surface area contributed by atoms with Crippen molar-refractivity contribution in [1.82, 2.24) is 0 Å². The van der Waals surface area contributed by atoms with Crippen molar-refractivity contribution in [3.05, 3.63) is 11.6 Å². The molecule has 0 bridgehead atoms. The molecule has 4 fully saturated rings. The lowest BCUT2D eigenvalue weighted by Gasteiger charge is -2.71. The van der Waals surface area contributed by atoms with E-state index >= 15 is 0 Å². The molecule has 1 heteroatoms. The fourth-order valence-corrected chi connectivity index (χ4v) is 11.0. The van der Waals surface area contributed by atoms with Gasteiger partial charge in [-0.15, -0.1) is 0 Å². The smallest absolute Gasteiger partial charge is 0.0594 e. The molecule has 5 rings (SSSR count). The number of hydrogen-bond donors (Lipinski definition) is 1. The summed E-state index contributed by atoms with van der Waals surface area (Å²) in [5, 5.41) is 10.9. The number of allylic oxidation sites excluding steroid dienone is 2. The van der Waals surface area contributed by atoms with Crippen LogP contribution in [0.3, 0.4) is 0 Å². The van der Waals surface area contributed by atoms with Crippen LogP contribution < -0.4 is 0 Å². The van der Waals surface area contributed by atoms with Crippen LogP contribution in [0.4, 0.5) is 0 Å². The van der Waals surface area contributed by atoms with E-state index < -0.39 is 0 Å². The van der Waals surface area contributed by atoms with E-state index in [9.17, 15) is 5.11 Å². The average molecular weight is 427 g/mol. The largest absolute Gasteiger partial charge is 0.393 e. The third-order valence-corrected chi connectivity index (χ3v) is 13.3. The molecule has 1 N–H and O–H groups in total. The summed E-state index contributed by atoms with van der Waals surface area (Å²) >= 11 is 0. The third-order valence-electron chi connectivity index (χ3n) is 13.3. The van der Waals surface area contributed by atoms with Crippen molar-refractivity contribution in [2.45, 2.75) is 119 Å². The zero-order valence-electron chi connectivity index (χ0n) is 21.9. The van der Waals surface area contributed by atoms with Crippen molar-refractivity contribution in [2.24, 2.45) is 56.7 Å². The first-order chi connectivity index (χ1) is 14.3. The molecule has 0 aromatic rings. The van der Waals surface area contributed by atoms with Crippen LogP contribution in [0.5, 0.6) is 0 Å². The first kappa shape index (κ1) is 22.5. The van der Waals surface area contributed by atoms with Gasteiger partial charge in [-0.1, -0.05) is 67.0 Å². The molecule has 31 heavy (non-hydrogen) atoms. The SMILES string of the molecule is C[C@H]1[C@H](C)CC[C@]2(C)CC[C@]3(C)C4=CC[C@H]5C(C)(C)[C@@H](O)CC[C@]5(C)[C@@H]4CC[C@@]3(C)[C@H]12. The van der Waals surface area contributed by atoms with Crippen LogP contribution in [-0.4, -0.2) is 11.2 Å². The fraction of sp³-hybridized carbons (Fsp3) is 0.933. The number of aliphatic hydroxyl groups excluding tert-OH is 1. The van der Waals surface area contributed by atoms with Crippen molar-refractivity contribution in [2.75, 3.05) is 0 Å². The highest BCUT2D eigenvalue weighted by molar-refractivity contribution is 5.33. The molecule has 0 amide bonds. The molecule has 0 radical (unpaired) electrons. The van der Waals surface area contributed by atoms with Gasteiger partial charge >= 0.3 is 0 Å². The summed E-state index contributed by atoms with van der Waals surface area (Å²) in [5.74, 6) is 3.93. The van der Waals surface area contributed by atoms with Gasteiger partial charge in [0, 0.05) is 0 Å². The van der Waals surface area contributed by atoms with Gasteiger partial charge in [0.05, 0.1) is 6.10 Å². The van der Waals surface area contributed by atoms with E-state index in [1.165, 1.54) is 51.4 Å². The van der Waals surface area contributed by atoms with Crippen LogP contribution in [0.15, 0.2) is 11.6 Å². The van der Waals surface area contributed by atoms with Crippen molar-refractivity contribution in [1.29, 1.82) is 0 Å². The first-order valence-electron chi connectivity index (χ1n) is 13.7. The van der Waals surface area contributed by atoms with Gasteiger partial charge in [-0.25, -0.2) is 0 Å². The lowest BCUT2D eigenvalue weighted by Crippen LogP contribution is -2.64. The third kappa shape index (κ3) is 2.65. The fourth-order valence-electron chi connectivity index (χ4n) is 11.0. The standard InChI is InChI=1S/C30H50O/c1-19-11-14-27(5)17-18-29(7)22-9-10-23-26(3,4)24(31)13-15-28(23,6)21(22)12-16-30(29,8)25(27)20(19)2/h9,19-21,23-25,31H,10-18H2,1-8H3/t19-,20+,21-,23+,24+,25-,27-,28-,29-,30+/m1/s1. The molecule has 5 aliphatic rings. The van der Waals surface area contributed by atoms with Crippen molar-refractivity contribution in [3.63, 3.8) is 0 Å². The summed E-state index contributed by atoms with van der Waals surface area (Å²) in [6, 6.07) is 0. The Morgan fingerprint density at radius 2 is 1.55 bits per heavy atom. The summed E-state index contributed by atoms with van der Waals surface area (Å²) in [7, 11) is 0. The van der Waals surface area contributed by atoms with Crippen molar-refractivity contribution in [3.8, 4) is 0 Å². The van der Waals surface area contributed by atoms with Crippen LogP contribution >= 0.6 is 0 Å². The van der Waals surface area contributed by atoms with E-state index in [0.29, 0.717) is 27.6 Å². The van der Waals surface area contributed by atoms with E-state index in [1.54, 1.807) is 0 Å². The lowest BCUT2D eigenvalue weighted by atomic mass is 9.33. The number of hydrogen-bond acceptors (Lipinski definition) is 1. The second-order valence-corrected chi connectivity index (χ2v) is 14.7. The highest BCUT2D eigenvalue weighted by Gasteiger charge is 2.67. The molecule has 0 aromatic carbocycles. The molecule has 0 saturated heterocycles. The second kappa shape index (κ2) is 6.64. The minimum Gasteiger partial charge on any atom is -0.393 e. The summed E-state index contributed by atoms with van der Waals surface area (Å²) in [6.45, 7) is 20.5. The van der Waals surface area contributed by atoms with E-state index in [4.69, 9.17) is 0 Å². The quantitative estimate of drug-likeness (QED) is 0.389.